The first-order valence-electron chi connectivity index (χ1n) is 11.3. The van der Waals surface area contributed by atoms with Crippen molar-refractivity contribution in [2.45, 2.75) is 13.8 Å². The molecular formula is C27H19Br2Cl2N3O5. The summed E-state index contributed by atoms with van der Waals surface area (Å²) in [6.07, 6.45) is 1.33. The third kappa shape index (κ3) is 6.36. The summed E-state index contributed by atoms with van der Waals surface area (Å²) in [5, 5.41) is 5.37. The molecule has 3 aromatic carbocycles. The summed E-state index contributed by atoms with van der Waals surface area (Å²) in [4.78, 5) is 51.4. The van der Waals surface area contributed by atoms with Gasteiger partial charge in [0.15, 0.2) is 6.61 Å². The van der Waals surface area contributed by atoms with Crippen LogP contribution in [0, 0.1) is 13.8 Å². The summed E-state index contributed by atoms with van der Waals surface area (Å²) in [5.74, 6) is -1.68. The van der Waals surface area contributed by atoms with Crippen LogP contribution in [0.15, 0.2) is 63.0 Å². The number of halogens is 4. The van der Waals surface area contributed by atoms with Gasteiger partial charge in [-0.3, -0.25) is 19.7 Å². The number of carbonyl (C=O) groups excluding carboxylic acids is 4. The van der Waals surface area contributed by atoms with Gasteiger partial charge in [-0.1, -0.05) is 35.3 Å². The third-order valence-electron chi connectivity index (χ3n) is 5.82. The van der Waals surface area contributed by atoms with Crippen LogP contribution in [0.25, 0.3) is 6.08 Å². The van der Waals surface area contributed by atoms with Crippen molar-refractivity contribution in [3.8, 4) is 5.75 Å². The van der Waals surface area contributed by atoms with Gasteiger partial charge in [0.25, 0.3) is 17.7 Å². The highest BCUT2D eigenvalue weighted by Crippen LogP contribution is 2.36. The van der Waals surface area contributed by atoms with Gasteiger partial charge in [0.1, 0.15) is 11.3 Å². The molecule has 1 fully saturated rings. The van der Waals surface area contributed by atoms with E-state index in [1.807, 2.05) is 32.0 Å². The fourth-order valence-electron chi connectivity index (χ4n) is 3.69. The molecule has 0 bridgehead atoms. The monoisotopic (exact) mass is 693 g/mol. The molecule has 1 heterocycles. The summed E-state index contributed by atoms with van der Waals surface area (Å²) in [6.45, 7) is 3.62. The number of nitrogens with one attached hydrogen (secondary N) is 2. The molecule has 12 heteroatoms. The number of nitrogens with zero attached hydrogens (tertiary/aromatic N) is 1. The molecule has 0 aromatic heterocycles. The largest absolute Gasteiger partial charge is 0.481 e. The predicted molar refractivity (Wildman–Crippen MR) is 157 cm³/mol. The Labute approximate surface area is 250 Å². The fraction of sp³-hybridized carbons (Fsp3) is 0.111. The molecule has 2 N–H and O–H groups in total. The van der Waals surface area contributed by atoms with Crippen LogP contribution in [0.1, 0.15) is 16.7 Å². The molecule has 1 saturated heterocycles. The van der Waals surface area contributed by atoms with Crippen LogP contribution in [0.3, 0.4) is 0 Å². The molecule has 8 nitrogen and oxygen atoms in total. The van der Waals surface area contributed by atoms with E-state index in [1.165, 1.54) is 24.3 Å². The quantitative estimate of drug-likeness (QED) is 0.218. The molecule has 0 unspecified atom stereocenters. The van der Waals surface area contributed by atoms with Crippen LogP contribution in [0.4, 0.5) is 16.2 Å². The van der Waals surface area contributed by atoms with Crippen molar-refractivity contribution in [2.75, 3.05) is 16.8 Å². The number of anilines is 2. The lowest BCUT2D eigenvalue weighted by Gasteiger charge is -2.26. The van der Waals surface area contributed by atoms with E-state index in [2.05, 4.69) is 42.5 Å². The number of amides is 5. The summed E-state index contributed by atoms with van der Waals surface area (Å²) < 4.78 is 6.64. The van der Waals surface area contributed by atoms with Gasteiger partial charge in [-0.15, -0.1) is 0 Å². The second kappa shape index (κ2) is 11.9. The number of aryl methyl sites for hydroxylation is 1. The van der Waals surface area contributed by atoms with Gasteiger partial charge in [-0.05, 0) is 105 Å². The first-order valence-corrected chi connectivity index (χ1v) is 13.6. The third-order valence-corrected chi connectivity index (χ3v) is 7.74. The van der Waals surface area contributed by atoms with Crippen LogP contribution in [0.5, 0.6) is 5.75 Å². The second-order valence-corrected chi connectivity index (χ2v) is 11.0. The van der Waals surface area contributed by atoms with Gasteiger partial charge in [0.05, 0.1) is 24.7 Å². The zero-order chi connectivity index (χ0) is 28.4. The first-order chi connectivity index (χ1) is 18.5. The van der Waals surface area contributed by atoms with Crippen molar-refractivity contribution in [3.63, 3.8) is 0 Å². The standard InChI is InChI=1S/C27H19Br2Cl2N3O5/c1-13-4-3-5-22(14(13)2)32-23(35)12-39-24-18(28)9-15(10-19(24)29)8-17-25(36)33-27(38)34(26(17)37)16-6-7-20(30)21(31)11-16/h3-11H,12H2,1-2H3,(H,32,35)(H,33,36,38)/b17-8-. The zero-order valence-electron chi connectivity index (χ0n) is 20.4. The SMILES string of the molecule is Cc1cccc(NC(=O)COc2c(Br)cc(/C=C3/C(=O)NC(=O)N(c4ccc(Cl)c(Cl)c4)C3=O)cc2Br)c1C. The van der Waals surface area contributed by atoms with Crippen LogP contribution in [-0.2, 0) is 14.4 Å². The highest BCUT2D eigenvalue weighted by atomic mass is 79.9. The minimum atomic E-state index is -0.911. The number of hydrogen-bond acceptors (Lipinski definition) is 5. The molecular weight excluding hydrogens is 677 g/mol. The van der Waals surface area contributed by atoms with Crippen LogP contribution in [-0.4, -0.2) is 30.4 Å². The van der Waals surface area contributed by atoms with Gasteiger partial charge in [-0.25, -0.2) is 9.69 Å². The Hall–Kier alpha value is -3.18. The van der Waals surface area contributed by atoms with Gasteiger partial charge < -0.3 is 10.1 Å². The van der Waals surface area contributed by atoms with E-state index >= 15 is 0 Å². The van der Waals surface area contributed by atoms with Crippen molar-refractivity contribution < 1.29 is 23.9 Å². The lowest BCUT2D eigenvalue weighted by Crippen LogP contribution is -2.54. The van der Waals surface area contributed by atoms with E-state index in [4.69, 9.17) is 27.9 Å². The van der Waals surface area contributed by atoms with E-state index < -0.39 is 17.8 Å². The van der Waals surface area contributed by atoms with Gasteiger partial charge in [-0.2, -0.15) is 0 Å². The highest BCUT2D eigenvalue weighted by molar-refractivity contribution is 9.11. The first kappa shape index (κ1) is 28.8. The second-order valence-electron chi connectivity index (χ2n) is 8.45. The number of imide groups is 2. The maximum absolute atomic E-state index is 13.2. The van der Waals surface area contributed by atoms with E-state index in [-0.39, 0.29) is 33.8 Å². The molecule has 0 radical (unpaired) electrons. The van der Waals surface area contributed by atoms with E-state index in [0.29, 0.717) is 25.9 Å². The molecule has 1 aliphatic rings. The number of hydrogen-bond donors (Lipinski definition) is 2. The fourth-order valence-corrected chi connectivity index (χ4v) is 5.44. The molecule has 1 aliphatic heterocycles. The van der Waals surface area contributed by atoms with Crippen LogP contribution >= 0.6 is 55.1 Å². The Balaban J connectivity index is 1.53. The average molecular weight is 696 g/mol. The maximum atomic E-state index is 13.2. The number of rotatable bonds is 6. The summed E-state index contributed by atoms with van der Waals surface area (Å²) in [6, 6.07) is 12.2. The van der Waals surface area contributed by atoms with Gasteiger partial charge in [0.2, 0.25) is 0 Å². The number of carbonyl (C=O) groups is 4. The summed E-state index contributed by atoms with van der Waals surface area (Å²) in [5.41, 5.74) is 3.04. The average Bonchev–Trinajstić information content (AvgIpc) is 2.86. The number of urea groups is 1. The Morgan fingerprint density at radius 1 is 1.03 bits per heavy atom. The molecule has 200 valence electrons. The molecule has 39 heavy (non-hydrogen) atoms. The van der Waals surface area contributed by atoms with E-state index in [0.717, 1.165) is 16.0 Å². The number of barbiturate groups is 1. The predicted octanol–water partition coefficient (Wildman–Crippen LogP) is 6.82. The minimum Gasteiger partial charge on any atom is -0.481 e. The lowest BCUT2D eigenvalue weighted by atomic mass is 10.1. The smallest absolute Gasteiger partial charge is 0.335 e. The van der Waals surface area contributed by atoms with Gasteiger partial charge >= 0.3 is 6.03 Å². The minimum absolute atomic E-state index is 0.142. The summed E-state index contributed by atoms with van der Waals surface area (Å²) >= 11 is 18.8. The molecule has 0 atom stereocenters. The van der Waals surface area contributed by atoms with Crippen molar-refractivity contribution >= 4 is 96.3 Å². The van der Waals surface area contributed by atoms with Gasteiger partial charge in [0, 0.05) is 5.69 Å². The Bertz CT molecular complexity index is 1550. The van der Waals surface area contributed by atoms with Crippen LogP contribution in [0.2, 0.25) is 10.0 Å². The Morgan fingerprint density at radius 3 is 2.38 bits per heavy atom. The molecule has 0 aliphatic carbocycles. The molecule has 0 saturated carbocycles. The summed E-state index contributed by atoms with van der Waals surface area (Å²) in [7, 11) is 0. The molecule has 4 rings (SSSR count). The lowest BCUT2D eigenvalue weighted by molar-refractivity contribution is -0.122. The molecule has 3 aromatic rings. The zero-order valence-corrected chi connectivity index (χ0v) is 25.1. The Kier molecular flexibility index (Phi) is 8.80. The Morgan fingerprint density at radius 2 is 1.72 bits per heavy atom. The van der Waals surface area contributed by atoms with Crippen LogP contribution < -0.4 is 20.3 Å². The molecule has 0 spiro atoms. The number of benzene rings is 3. The van der Waals surface area contributed by atoms with Crippen molar-refractivity contribution in [2.24, 2.45) is 0 Å². The van der Waals surface area contributed by atoms with Crippen molar-refractivity contribution in [1.29, 1.82) is 0 Å². The van der Waals surface area contributed by atoms with E-state index in [9.17, 15) is 19.2 Å². The normalized spacial score (nSPS) is 14.5. The number of ether oxygens (including phenoxy) is 1. The molecule has 5 amide bonds. The maximum Gasteiger partial charge on any atom is 0.335 e. The van der Waals surface area contributed by atoms with E-state index in [1.54, 1.807) is 12.1 Å². The van der Waals surface area contributed by atoms with Crippen molar-refractivity contribution in [1.82, 2.24) is 5.32 Å². The topological polar surface area (TPSA) is 105 Å². The van der Waals surface area contributed by atoms with Crippen molar-refractivity contribution in [3.05, 3.63) is 89.8 Å². The highest BCUT2D eigenvalue weighted by Gasteiger charge is 2.37.